The molecule has 0 aliphatic rings. The minimum absolute atomic E-state index is 0.109. The van der Waals surface area contributed by atoms with Crippen LogP contribution in [-0.4, -0.2) is 36.6 Å². The van der Waals surface area contributed by atoms with Gasteiger partial charge in [0.2, 0.25) is 10.0 Å². The van der Waals surface area contributed by atoms with Crippen molar-refractivity contribution < 1.29 is 22.7 Å². The first-order chi connectivity index (χ1) is 7.33. The molecule has 90 valence electrons. The summed E-state index contributed by atoms with van der Waals surface area (Å²) in [4.78, 5) is 10.4. The molecule has 0 unspecified atom stereocenters. The zero-order valence-corrected chi connectivity index (χ0v) is 9.82. The summed E-state index contributed by atoms with van der Waals surface area (Å²) in [7, 11) is -2.42. The molecule has 0 saturated heterocycles. The standard InChI is InChI=1S/C9H13NO5S/c1-7-8(3-4-15-7)5-10(2)16(13,14)6-9(11)12/h3-4H,5-6H2,1-2H3,(H,11,12). The SMILES string of the molecule is Cc1occc1CN(C)S(=O)(=O)CC(=O)O. The summed E-state index contributed by atoms with van der Waals surface area (Å²) in [6.45, 7) is 1.82. The normalized spacial score (nSPS) is 11.9. The lowest BCUT2D eigenvalue weighted by atomic mass is 10.3. The van der Waals surface area contributed by atoms with Crippen LogP contribution < -0.4 is 0 Å². The maximum Gasteiger partial charge on any atom is 0.320 e. The molecule has 0 saturated carbocycles. The number of nitrogens with zero attached hydrogens (tertiary/aromatic N) is 1. The van der Waals surface area contributed by atoms with Crippen LogP contribution in [0, 0.1) is 6.92 Å². The first kappa shape index (κ1) is 12.7. The molecule has 7 heteroatoms. The molecular weight excluding hydrogens is 234 g/mol. The number of furan rings is 1. The third-order valence-corrected chi connectivity index (χ3v) is 3.83. The molecule has 1 N–H and O–H groups in total. The van der Waals surface area contributed by atoms with Crippen LogP contribution >= 0.6 is 0 Å². The van der Waals surface area contributed by atoms with Gasteiger partial charge in [0.05, 0.1) is 6.26 Å². The number of rotatable bonds is 5. The van der Waals surface area contributed by atoms with Crippen molar-refractivity contribution in [1.29, 1.82) is 0 Å². The number of hydrogen-bond acceptors (Lipinski definition) is 4. The third-order valence-electron chi connectivity index (χ3n) is 2.14. The average Bonchev–Trinajstić information content (AvgIpc) is 2.49. The van der Waals surface area contributed by atoms with E-state index in [2.05, 4.69) is 0 Å². The molecule has 6 nitrogen and oxygen atoms in total. The van der Waals surface area contributed by atoms with Crippen LogP contribution in [0.1, 0.15) is 11.3 Å². The Bertz CT molecular complexity index is 476. The molecule has 0 amide bonds. The van der Waals surface area contributed by atoms with E-state index in [0.29, 0.717) is 5.76 Å². The van der Waals surface area contributed by atoms with Crippen molar-refractivity contribution in [2.45, 2.75) is 13.5 Å². The van der Waals surface area contributed by atoms with Gasteiger partial charge in [-0.3, -0.25) is 4.79 Å². The fraction of sp³-hybridized carbons (Fsp3) is 0.444. The number of aryl methyl sites for hydroxylation is 1. The highest BCUT2D eigenvalue weighted by Crippen LogP contribution is 2.13. The van der Waals surface area contributed by atoms with Crippen LogP contribution in [0.4, 0.5) is 0 Å². The Kier molecular flexibility index (Phi) is 3.71. The molecule has 0 aliphatic heterocycles. The summed E-state index contributed by atoms with van der Waals surface area (Å²) in [6.07, 6.45) is 1.46. The fourth-order valence-electron chi connectivity index (χ4n) is 1.18. The zero-order chi connectivity index (χ0) is 12.3. The maximum atomic E-state index is 11.5. The molecule has 1 heterocycles. The van der Waals surface area contributed by atoms with Gasteiger partial charge in [-0.2, -0.15) is 4.31 Å². The number of sulfonamides is 1. The van der Waals surface area contributed by atoms with Crippen molar-refractivity contribution in [3.05, 3.63) is 23.7 Å². The molecule has 0 bridgehead atoms. The highest BCUT2D eigenvalue weighted by atomic mass is 32.2. The summed E-state index contributed by atoms with van der Waals surface area (Å²) in [5, 5.41) is 8.45. The summed E-state index contributed by atoms with van der Waals surface area (Å²) in [6, 6.07) is 1.65. The Morgan fingerprint density at radius 2 is 2.19 bits per heavy atom. The quantitative estimate of drug-likeness (QED) is 0.815. The van der Waals surface area contributed by atoms with E-state index in [1.807, 2.05) is 0 Å². The second kappa shape index (κ2) is 4.67. The fourth-order valence-corrected chi connectivity index (χ4v) is 2.05. The Labute approximate surface area is 93.5 Å². The second-order valence-corrected chi connectivity index (χ2v) is 5.48. The highest BCUT2D eigenvalue weighted by Gasteiger charge is 2.22. The Hall–Kier alpha value is -1.34. The van der Waals surface area contributed by atoms with Crippen molar-refractivity contribution in [3.8, 4) is 0 Å². The average molecular weight is 247 g/mol. The molecule has 1 aromatic heterocycles. The molecular formula is C9H13NO5S. The molecule has 0 fully saturated rings. The van der Waals surface area contributed by atoms with Gasteiger partial charge in [0.25, 0.3) is 0 Å². The summed E-state index contributed by atoms with van der Waals surface area (Å²) < 4.78 is 29.0. The second-order valence-electron chi connectivity index (χ2n) is 3.41. The molecule has 1 aromatic rings. The zero-order valence-electron chi connectivity index (χ0n) is 9.00. The van der Waals surface area contributed by atoms with Crippen LogP contribution in [0.15, 0.2) is 16.7 Å². The number of carboxylic acid groups (broad SMARTS) is 1. The number of carboxylic acids is 1. The minimum Gasteiger partial charge on any atom is -0.480 e. The van der Waals surface area contributed by atoms with E-state index in [1.165, 1.54) is 13.3 Å². The van der Waals surface area contributed by atoms with E-state index < -0.39 is 21.7 Å². The van der Waals surface area contributed by atoms with Gasteiger partial charge in [-0.05, 0) is 13.0 Å². The molecule has 0 radical (unpaired) electrons. The summed E-state index contributed by atoms with van der Waals surface area (Å²) >= 11 is 0. The lowest BCUT2D eigenvalue weighted by Crippen LogP contribution is -2.31. The van der Waals surface area contributed by atoms with E-state index in [9.17, 15) is 13.2 Å². The third kappa shape index (κ3) is 3.07. The van der Waals surface area contributed by atoms with E-state index in [4.69, 9.17) is 9.52 Å². The number of aliphatic carboxylic acids is 1. The van der Waals surface area contributed by atoms with Gasteiger partial charge < -0.3 is 9.52 Å². The molecule has 0 atom stereocenters. The maximum absolute atomic E-state index is 11.5. The Morgan fingerprint density at radius 3 is 2.62 bits per heavy atom. The molecule has 0 aromatic carbocycles. The van der Waals surface area contributed by atoms with E-state index in [1.54, 1.807) is 13.0 Å². The Morgan fingerprint density at radius 1 is 1.56 bits per heavy atom. The topological polar surface area (TPSA) is 87.8 Å². The molecule has 0 spiro atoms. The van der Waals surface area contributed by atoms with Crippen LogP contribution in [0.3, 0.4) is 0 Å². The van der Waals surface area contributed by atoms with Gasteiger partial charge in [0.15, 0.2) is 5.75 Å². The summed E-state index contributed by atoms with van der Waals surface area (Å²) in [5.41, 5.74) is 0.719. The van der Waals surface area contributed by atoms with Crippen molar-refractivity contribution in [1.82, 2.24) is 4.31 Å². The smallest absolute Gasteiger partial charge is 0.320 e. The summed E-state index contributed by atoms with van der Waals surface area (Å²) in [5.74, 6) is -1.64. The number of carbonyl (C=O) groups is 1. The van der Waals surface area contributed by atoms with E-state index in [0.717, 1.165) is 9.87 Å². The van der Waals surface area contributed by atoms with E-state index in [-0.39, 0.29) is 6.54 Å². The van der Waals surface area contributed by atoms with Crippen LogP contribution in [0.2, 0.25) is 0 Å². The predicted molar refractivity (Wildman–Crippen MR) is 56.3 cm³/mol. The Balaban J connectivity index is 2.76. The highest BCUT2D eigenvalue weighted by molar-refractivity contribution is 7.89. The van der Waals surface area contributed by atoms with Gasteiger partial charge in [0.1, 0.15) is 5.76 Å². The molecule has 16 heavy (non-hydrogen) atoms. The lowest BCUT2D eigenvalue weighted by molar-refractivity contribution is -0.134. The van der Waals surface area contributed by atoms with Crippen molar-refractivity contribution >= 4 is 16.0 Å². The van der Waals surface area contributed by atoms with Gasteiger partial charge in [-0.15, -0.1) is 0 Å². The first-order valence-corrected chi connectivity index (χ1v) is 6.12. The minimum atomic E-state index is -3.76. The van der Waals surface area contributed by atoms with Crippen LogP contribution in [-0.2, 0) is 21.4 Å². The van der Waals surface area contributed by atoms with E-state index >= 15 is 0 Å². The van der Waals surface area contributed by atoms with Crippen LogP contribution in [0.5, 0.6) is 0 Å². The van der Waals surface area contributed by atoms with Gasteiger partial charge in [0, 0.05) is 19.2 Å². The monoisotopic (exact) mass is 247 g/mol. The van der Waals surface area contributed by atoms with Crippen LogP contribution in [0.25, 0.3) is 0 Å². The number of hydrogen-bond donors (Lipinski definition) is 1. The van der Waals surface area contributed by atoms with Crippen molar-refractivity contribution in [2.75, 3.05) is 12.8 Å². The first-order valence-electron chi connectivity index (χ1n) is 4.51. The van der Waals surface area contributed by atoms with Crippen molar-refractivity contribution in [3.63, 3.8) is 0 Å². The molecule has 1 rings (SSSR count). The van der Waals surface area contributed by atoms with Gasteiger partial charge >= 0.3 is 5.97 Å². The van der Waals surface area contributed by atoms with Gasteiger partial charge in [-0.25, -0.2) is 8.42 Å². The largest absolute Gasteiger partial charge is 0.480 e. The predicted octanol–water partition coefficient (Wildman–Crippen LogP) is 0.434. The lowest BCUT2D eigenvalue weighted by Gasteiger charge is -2.15. The molecule has 0 aliphatic carbocycles. The van der Waals surface area contributed by atoms with Crippen molar-refractivity contribution in [2.24, 2.45) is 0 Å². The van der Waals surface area contributed by atoms with Gasteiger partial charge in [-0.1, -0.05) is 0 Å².